The Morgan fingerprint density at radius 1 is 0.923 bits per heavy atom. The predicted octanol–water partition coefficient (Wildman–Crippen LogP) is 3.14. The lowest BCUT2D eigenvalue weighted by molar-refractivity contribution is -0.123. The van der Waals surface area contributed by atoms with E-state index in [1.165, 1.54) is 0 Å². The van der Waals surface area contributed by atoms with E-state index in [1.807, 2.05) is 24.3 Å². The molecule has 2 N–H and O–H groups in total. The van der Waals surface area contributed by atoms with Gasteiger partial charge in [0, 0.05) is 13.1 Å². The van der Waals surface area contributed by atoms with Gasteiger partial charge in [0.15, 0.2) is 0 Å². The molecule has 1 aliphatic rings. The Morgan fingerprint density at radius 2 is 1.50 bits per heavy atom. The molecular formula is C19H20ClN3O3. The first-order valence-corrected chi connectivity index (χ1v) is 8.77. The number of halogens is 1. The Bertz CT molecular complexity index is 791. The molecule has 0 aromatic heterocycles. The number of nitrogens with one attached hydrogen (secondary N) is 2. The van der Waals surface area contributed by atoms with Crippen LogP contribution in [0.2, 0.25) is 5.02 Å². The Hall–Kier alpha value is -2.57. The number of nitrogens with zero attached hydrogens (tertiary/aromatic N) is 1. The third-order valence-corrected chi connectivity index (χ3v) is 4.33. The number of hydrogen-bond acceptors (Lipinski definition) is 4. The second-order valence-electron chi connectivity index (χ2n) is 5.87. The minimum absolute atomic E-state index is 0.289. The van der Waals surface area contributed by atoms with Gasteiger partial charge in [0.2, 0.25) is 11.8 Å². The average Bonchev–Trinajstić information content (AvgIpc) is 2.64. The number of morpholine rings is 1. The molecule has 0 radical (unpaired) electrons. The smallest absolute Gasteiger partial charge is 0.233 e. The van der Waals surface area contributed by atoms with Gasteiger partial charge in [-0.25, -0.2) is 0 Å². The van der Waals surface area contributed by atoms with E-state index in [-0.39, 0.29) is 12.3 Å². The van der Waals surface area contributed by atoms with E-state index in [0.29, 0.717) is 29.6 Å². The summed E-state index contributed by atoms with van der Waals surface area (Å²) in [6.07, 6.45) is -0.289. The summed E-state index contributed by atoms with van der Waals surface area (Å²) in [5.41, 5.74) is 2.10. The molecule has 0 unspecified atom stereocenters. The number of rotatable bonds is 5. The minimum Gasteiger partial charge on any atom is -0.378 e. The van der Waals surface area contributed by atoms with Gasteiger partial charge in [-0.3, -0.25) is 9.59 Å². The molecule has 0 saturated carbocycles. The summed E-state index contributed by atoms with van der Waals surface area (Å²) in [6, 6.07) is 14.4. The van der Waals surface area contributed by atoms with E-state index >= 15 is 0 Å². The van der Waals surface area contributed by atoms with Gasteiger partial charge < -0.3 is 20.3 Å². The number of benzene rings is 2. The quantitative estimate of drug-likeness (QED) is 0.790. The molecule has 6 nitrogen and oxygen atoms in total. The molecule has 1 fully saturated rings. The molecule has 136 valence electrons. The van der Waals surface area contributed by atoms with E-state index in [9.17, 15) is 9.59 Å². The first kappa shape index (κ1) is 18.2. The molecule has 2 aromatic carbocycles. The van der Waals surface area contributed by atoms with Crippen molar-refractivity contribution in [3.63, 3.8) is 0 Å². The second-order valence-corrected chi connectivity index (χ2v) is 6.28. The van der Waals surface area contributed by atoms with Crippen molar-refractivity contribution in [1.82, 2.24) is 0 Å². The maximum Gasteiger partial charge on any atom is 0.233 e. The number of hydrogen-bond donors (Lipinski definition) is 2. The van der Waals surface area contributed by atoms with Crippen LogP contribution < -0.4 is 15.5 Å². The number of amides is 2. The van der Waals surface area contributed by atoms with Crippen LogP contribution in [0.15, 0.2) is 48.5 Å². The Kier molecular flexibility index (Phi) is 6.09. The van der Waals surface area contributed by atoms with Crippen molar-refractivity contribution in [2.24, 2.45) is 0 Å². The summed E-state index contributed by atoms with van der Waals surface area (Å²) in [5, 5.41) is 5.90. The molecule has 1 aliphatic heterocycles. The van der Waals surface area contributed by atoms with Gasteiger partial charge in [0.05, 0.1) is 35.3 Å². The Labute approximate surface area is 157 Å². The van der Waals surface area contributed by atoms with Crippen LogP contribution in [-0.2, 0) is 14.3 Å². The molecule has 0 spiro atoms. The van der Waals surface area contributed by atoms with Crippen LogP contribution in [0.5, 0.6) is 0 Å². The van der Waals surface area contributed by atoms with Crippen LogP contribution in [0.3, 0.4) is 0 Å². The van der Waals surface area contributed by atoms with Crippen LogP contribution in [0.1, 0.15) is 6.42 Å². The highest BCUT2D eigenvalue weighted by Gasteiger charge is 2.17. The molecular weight excluding hydrogens is 354 g/mol. The van der Waals surface area contributed by atoms with E-state index in [2.05, 4.69) is 15.5 Å². The molecule has 1 saturated heterocycles. The summed E-state index contributed by atoms with van der Waals surface area (Å²) < 4.78 is 5.37. The SMILES string of the molecule is O=C(CC(=O)Nc1ccccc1N1CCOCC1)Nc1ccccc1Cl. The van der Waals surface area contributed by atoms with E-state index in [4.69, 9.17) is 16.3 Å². The zero-order chi connectivity index (χ0) is 18.4. The third kappa shape index (κ3) is 4.74. The number of anilines is 3. The Balaban J connectivity index is 1.61. The van der Waals surface area contributed by atoms with Crippen molar-refractivity contribution in [2.75, 3.05) is 41.8 Å². The summed E-state index contributed by atoms with van der Waals surface area (Å²) in [4.78, 5) is 26.5. The highest BCUT2D eigenvalue weighted by atomic mass is 35.5. The average molecular weight is 374 g/mol. The Morgan fingerprint density at radius 3 is 2.19 bits per heavy atom. The lowest BCUT2D eigenvalue weighted by atomic mass is 10.2. The zero-order valence-electron chi connectivity index (χ0n) is 14.2. The fourth-order valence-corrected chi connectivity index (χ4v) is 2.94. The standard InChI is InChI=1S/C19H20ClN3O3/c20-14-5-1-2-6-15(14)21-18(24)13-19(25)22-16-7-3-4-8-17(16)23-9-11-26-12-10-23/h1-8H,9-13H2,(H,21,24)(H,22,25). The minimum atomic E-state index is -0.417. The highest BCUT2D eigenvalue weighted by molar-refractivity contribution is 6.33. The summed E-state index contributed by atoms with van der Waals surface area (Å²) in [7, 11) is 0. The second kappa shape index (κ2) is 8.69. The van der Waals surface area contributed by atoms with Crippen LogP contribution in [0.4, 0.5) is 17.1 Å². The van der Waals surface area contributed by atoms with Gasteiger partial charge in [-0.05, 0) is 24.3 Å². The van der Waals surface area contributed by atoms with Crippen molar-refractivity contribution in [1.29, 1.82) is 0 Å². The monoisotopic (exact) mass is 373 g/mol. The maximum absolute atomic E-state index is 12.3. The molecule has 2 amide bonds. The topological polar surface area (TPSA) is 70.7 Å². The zero-order valence-corrected chi connectivity index (χ0v) is 15.0. The van der Waals surface area contributed by atoms with E-state index < -0.39 is 5.91 Å². The number of para-hydroxylation sites is 3. The van der Waals surface area contributed by atoms with E-state index in [1.54, 1.807) is 24.3 Å². The molecule has 7 heteroatoms. The molecule has 3 rings (SSSR count). The summed E-state index contributed by atoms with van der Waals surface area (Å²) in [6.45, 7) is 2.84. The van der Waals surface area contributed by atoms with Gasteiger partial charge in [0.1, 0.15) is 6.42 Å². The number of carbonyl (C=O) groups is 2. The first-order chi connectivity index (χ1) is 12.6. The normalized spacial score (nSPS) is 14.0. The van der Waals surface area contributed by atoms with Crippen LogP contribution in [-0.4, -0.2) is 38.1 Å². The maximum atomic E-state index is 12.3. The van der Waals surface area contributed by atoms with Gasteiger partial charge in [-0.2, -0.15) is 0 Å². The van der Waals surface area contributed by atoms with Crippen molar-refractivity contribution < 1.29 is 14.3 Å². The van der Waals surface area contributed by atoms with Crippen molar-refractivity contribution in [3.05, 3.63) is 53.6 Å². The summed E-state index contributed by atoms with van der Waals surface area (Å²) in [5.74, 6) is -0.797. The lowest BCUT2D eigenvalue weighted by Gasteiger charge is -2.30. The van der Waals surface area contributed by atoms with Crippen LogP contribution in [0, 0.1) is 0 Å². The molecule has 0 atom stereocenters. The lowest BCUT2D eigenvalue weighted by Crippen LogP contribution is -2.36. The van der Waals surface area contributed by atoms with Gasteiger partial charge in [0.25, 0.3) is 0 Å². The van der Waals surface area contributed by atoms with Gasteiger partial charge >= 0.3 is 0 Å². The first-order valence-electron chi connectivity index (χ1n) is 8.39. The molecule has 1 heterocycles. The summed E-state index contributed by atoms with van der Waals surface area (Å²) >= 11 is 6.01. The number of carbonyl (C=O) groups excluding carboxylic acids is 2. The van der Waals surface area contributed by atoms with Gasteiger partial charge in [-0.15, -0.1) is 0 Å². The van der Waals surface area contributed by atoms with Crippen molar-refractivity contribution >= 4 is 40.5 Å². The fourth-order valence-electron chi connectivity index (χ4n) is 2.76. The molecule has 0 aliphatic carbocycles. The fraction of sp³-hybridized carbons (Fsp3) is 0.263. The molecule has 2 aromatic rings. The highest BCUT2D eigenvalue weighted by Crippen LogP contribution is 2.26. The largest absolute Gasteiger partial charge is 0.378 e. The third-order valence-electron chi connectivity index (χ3n) is 4.00. The van der Waals surface area contributed by atoms with Crippen molar-refractivity contribution in [2.45, 2.75) is 6.42 Å². The van der Waals surface area contributed by atoms with Crippen LogP contribution >= 0.6 is 11.6 Å². The van der Waals surface area contributed by atoms with Crippen molar-refractivity contribution in [3.8, 4) is 0 Å². The number of ether oxygens (including phenoxy) is 1. The van der Waals surface area contributed by atoms with E-state index in [0.717, 1.165) is 18.8 Å². The van der Waals surface area contributed by atoms with Gasteiger partial charge in [-0.1, -0.05) is 35.9 Å². The van der Waals surface area contributed by atoms with Crippen LogP contribution in [0.25, 0.3) is 0 Å². The predicted molar refractivity (Wildman–Crippen MR) is 103 cm³/mol. The molecule has 0 bridgehead atoms. The molecule has 26 heavy (non-hydrogen) atoms.